The van der Waals surface area contributed by atoms with Crippen molar-refractivity contribution in [2.24, 2.45) is 0 Å². The fourth-order valence-corrected chi connectivity index (χ4v) is 2.90. The average molecular weight is 394 g/mol. The van der Waals surface area contributed by atoms with E-state index in [-0.39, 0.29) is 28.3 Å². The van der Waals surface area contributed by atoms with Crippen LogP contribution >= 0.6 is 12.2 Å². The molecule has 2 heterocycles. The smallest absolute Gasteiger partial charge is 0.353 e. The highest BCUT2D eigenvalue weighted by Crippen LogP contribution is 2.33. The van der Waals surface area contributed by atoms with Crippen molar-refractivity contribution in [1.29, 1.82) is 0 Å². The monoisotopic (exact) mass is 394 g/mol. The molecule has 0 aliphatic heterocycles. The Labute approximate surface area is 163 Å². The first kappa shape index (κ1) is 17.7. The van der Waals surface area contributed by atoms with Crippen molar-refractivity contribution in [3.63, 3.8) is 0 Å². The van der Waals surface area contributed by atoms with E-state index in [0.29, 0.717) is 11.0 Å². The second kappa shape index (κ2) is 7.12. The van der Waals surface area contributed by atoms with Gasteiger partial charge in [-0.15, -0.1) is 5.10 Å². The van der Waals surface area contributed by atoms with Crippen LogP contribution in [0, 0.1) is 6.92 Å². The van der Waals surface area contributed by atoms with E-state index in [4.69, 9.17) is 21.1 Å². The number of aryl methyl sites for hydroxylation is 1. The number of thiocarbonyl (C=S) groups is 1. The van der Waals surface area contributed by atoms with Crippen molar-refractivity contribution < 1.29 is 13.9 Å². The molecule has 140 valence electrons. The molecule has 9 heteroatoms. The van der Waals surface area contributed by atoms with Crippen LogP contribution in [-0.4, -0.2) is 20.4 Å². The number of rotatable bonds is 3. The summed E-state index contributed by atoms with van der Waals surface area (Å²) in [5.41, 5.74) is 0.824. The van der Waals surface area contributed by atoms with Gasteiger partial charge in [0.15, 0.2) is 10.7 Å². The summed E-state index contributed by atoms with van der Waals surface area (Å²) in [6.45, 7) is 1.78. The van der Waals surface area contributed by atoms with Gasteiger partial charge >= 0.3 is 11.6 Å². The molecule has 0 unspecified atom stereocenters. The lowest BCUT2D eigenvalue weighted by Gasteiger charge is -2.07. The van der Waals surface area contributed by atoms with Crippen molar-refractivity contribution >= 4 is 40.0 Å². The Kier molecular flexibility index (Phi) is 4.50. The molecule has 0 saturated heterocycles. The van der Waals surface area contributed by atoms with Crippen LogP contribution in [0.3, 0.4) is 0 Å². The van der Waals surface area contributed by atoms with Crippen molar-refractivity contribution in [2.75, 3.05) is 10.6 Å². The second-order valence-corrected chi connectivity index (χ2v) is 6.33. The molecule has 3 N–H and O–H groups in total. The van der Waals surface area contributed by atoms with Gasteiger partial charge in [0.25, 0.3) is 5.89 Å². The van der Waals surface area contributed by atoms with Crippen LogP contribution in [0.2, 0.25) is 0 Å². The van der Waals surface area contributed by atoms with Gasteiger partial charge in [-0.05, 0) is 42.9 Å². The van der Waals surface area contributed by atoms with Crippen LogP contribution in [-0.2, 0) is 0 Å². The van der Waals surface area contributed by atoms with Gasteiger partial charge in [0.1, 0.15) is 11.3 Å². The van der Waals surface area contributed by atoms with E-state index in [0.717, 1.165) is 11.3 Å². The number of hydrogen-bond donors (Lipinski definition) is 3. The number of anilines is 2. The van der Waals surface area contributed by atoms with Crippen molar-refractivity contribution in [2.45, 2.75) is 6.92 Å². The molecule has 0 saturated carbocycles. The van der Waals surface area contributed by atoms with Crippen LogP contribution in [0.4, 0.5) is 11.7 Å². The zero-order valence-electron chi connectivity index (χ0n) is 14.6. The first-order chi connectivity index (χ1) is 13.5. The van der Waals surface area contributed by atoms with E-state index in [2.05, 4.69) is 20.8 Å². The fraction of sp³-hybridized carbons (Fsp3) is 0.0526. The van der Waals surface area contributed by atoms with E-state index in [9.17, 15) is 9.90 Å². The number of hydrogen-bond acceptors (Lipinski definition) is 7. The Hall–Kier alpha value is -3.72. The molecule has 4 aromatic rings. The number of nitrogens with one attached hydrogen (secondary N) is 2. The second-order valence-electron chi connectivity index (χ2n) is 5.92. The predicted octanol–water partition coefficient (Wildman–Crippen LogP) is 3.67. The molecule has 0 aliphatic rings. The number of benzene rings is 2. The minimum absolute atomic E-state index is 0.0356. The van der Waals surface area contributed by atoms with E-state index >= 15 is 0 Å². The largest absolute Gasteiger partial charge is 0.506 e. The van der Waals surface area contributed by atoms with Gasteiger partial charge in [0.05, 0.1) is 5.39 Å². The summed E-state index contributed by atoms with van der Waals surface area (Å²) in [4.78, 5) is 12.4. The molecule has 4 rings (SSSR count). The third-order valence-electron chi connectivity index (χ3n) is 3.99. The summed E-state index contributed by atoms with van der Waals surface area (Å²) in [7, 11) is 0. The van der Waals surface area contributed by atoms with Gasteiger partial charge in [0, 0.05) is 5.69 Å². The molecule has 0 amide bonds. The molecule has 28 heavy (non-hydrogen) atoms. The summed E-state index contributed by atoms with van der Waals surface area (Å²) in [5, 5.41) is 24.5. The molecule has 0 radical (unpaired) electrons. The third-order valence-corrected chi connectivity index (χ3v) is 4.20. The topological polar surface area (TPSA) is 113 Å². The van der Waals surface area contributed by atoms with Gasteiger partial charge in [-0.3, -0.25) is 5.32 Å². The summed E-state index contributed by atoms with van der Waals surface area (Å²) in [6, 6.07) is 14.4. The van der Waals surface area contributed by atoms with E-state index in [1.807, 2.05) is 30.3 Å². The average Bonchev–Trinajstić information content (AvgIpc) is 3.11. The zero-order chi connectivity index (χ0) is 19.7. The van der Waals surface area contributed by atoms with E-state index < -0.39 is 5.63 Å². The molecule has 8 nitrogen and oxygen atoms in total. The molecule has 2 aromatic heterocycles. The normalized spacial score (nSPS) is 10.8. The minimum atomic E-state index is -0.778. The Balaban J connectivity index is 1.63. The lowest BCUT2D eigenvalue weighted by molar-refractivity contribution is 0.465. The molecular formula is C19H14N4O4S. The van der Waals surface area contributed by atoms with Gasteiger partial charge in [0.2, 0.25) is 0 Å². The summed E-state index contributed by atoms with van der Waals surface area (Å²) in [6.07, 6.45) is 0. The summed E-state index contributed by atoms with van der Waals surface area (Å²) >= 11 is 5.19. The Morgan fingerprint density at radius 3 is 2.61 bits per heavy atom. The first-order valence-electron chi connectivity index (χ1n) is 8.25. The maximum Gasteiger partial charge on any atom is 0.353 e. The number of aromatic nitrogens is 2. The van der Waals surface area contributed by atoms with E-state index in [1.54, 1.807) is 25.1 Å². The Bertz CT molecular complexity index is 1230. The predicted molar refractivity (Wildman–Crippen MR) is 108 cm³/mol. The van der Waals surface area contributed by atoms with Crippen LogP contribution in [0.5, 0.6) is 5.75 Å². The maximum absolute atomic E-state index is 12.4. The Morgan fingerprint density at radius 2 is 1.82 bits per heavy atom. The third kappa shape index (κ3) is 3.30. The lowest BCUT2D eigenvalue weighted by Crippen LogP contribution is -2.19. The highest BCUT2D eigenvalue weighted by Gasteiger charge is 2.22. The maximum atomic E-state index is 12.4. The van der Waals surface area contributed by atoms with Crippen LogP contribution in [0.15, 0.2) is 62.2 Å². The van der Waals surface area contributed by atoms with Crippen LogP contribution in [0.1, 0.15) is 5.56 Å². The Morgan fingerprint density at radius 1 is 1.04 bits per heavy atom. The van der Waals surface area contributed by atoms with Crippen molar-refractivity contribution in [1.82, 2.24) is 10.2 Å². The fourth-order valence-electron chi connectivity index (χ4n) is 2.69. The molecule has 0 spiro atoms. The highest BCUT2D eigenvalue weighted by molar-refractivity contribution is 7.80. The number of nitrogens with zero attached hydrogens (tertiary/aromatic N) is 2. The molecule has 2 aromatic carbocycles. The first-order valence-corrected chi connectivity index (χ1v) is 8.66. The number of para-hydroxylation sites is 2. The summed E-state index contributed by atoms with van der Waals surface area (Å²) < 4.78 is 10.8. The summed E-state index contributed by atoms with van der Waals surface area (Å²) in [5.74, 6) is -0.463. The van der Waals surface area contributed by atoms with Crippen molar-refractivity contribution in [3.8, 4) is 17.2 Å². The van der Waals surface area contributed by atoms with E-state index in [1.165, 1.54) is 0 Å². The molecule has 0 fully saturated rings. The standard InChI is InChI=1S/C19H14N4O4S/c1-10-6-5-9-12-14(24)13(17(25)26-15(10)12)16-22-23-18(27-16)21-19(28)20-11-7-3-2-4-8-11/h2-9,24H,1H3,(H2,20,21,23,28). The van der Waals surface area contributed by atoms with Crippen LogP contribution < -0.4 is 16.3 Å². The van der Waals surface area contributed by atoms with Gasteiger partial charge < -0.3 is 19.3 Å². The zero-order valence-corrected chi connectivity index (χ0v) is 15.4. The van der Waals surface area contributed by atoms with Gasteiger partial charge in [-0.2, -0.15) is 0 Å². The number of fused-ring (bicyclic) bond motifs is 1. The minimum Gasteiger partial charge on any atom is -0.506 e. The number of aromatic hydroxyl groups is 1. The molecule has 0 aliphatic carbocycles. The van der Waals surface area contributed by atoms with Gasteiger partial charge in [-0.25, -0.2) is 4.79 Å². The van der Waals surface area contributed by atoms with Gasteiger partial charge in [-0.1, -0.05) is 35.4 Å². The SMILES string of the molecule is Cc1cccc2c(O)c(-c3nnc(NC(=S)Nc4ccccc4)o3)c(=O)oc12. The quantitative estimate of drug-likeness (QED) is 0.354. The highest BCUT2D eigenvalue weighted by atomic mass is 32.1. The molecule has 0 bridgehead atoms. The lowest BCUT2D eigenvalue weighted by atomic mass is 10.1. The van der Waals surface area contributed by atoms with Crippen LogP contribution in [0.25, 0.3) is 22.4 Å². The molecular weight excluding hydrogens is 380 g/mol. The van der Waals surface area contributed by atoms with Crippen molar-refractivity contribution in [3.05, 3.63) is 64.5 Å². The molecule has 0 atom stereocenters.